The molecule has 3 rings (SSSR count). The average molecular weight is 424 g/mol. The highest BCUT2D eigenvalue weighted by atomic mass is 32.2. The zero-order chi connectivity index (χ0) is 20.1. The third-order valence-corrected chi connectivity index (χ3v) is 7.56. The maximum Gasteiger partial charge on any atom is 0.233 e. The molecule has 8 nitrogen and oxygen atoms in total. The Hall–Kier alpha value is -1.94. The first kappa shape index (κ1) is 20.8. The van der Waals surface area contributed by atoms with E-state index < -0.39 is 9.84 Å². The zero-order valence-corrected chi connectivity index (χ0v) is 17.7. The Bertz CT molecular complexity index is 915. The van der Waals surface area contributed by atoms with Gasteiger partial charge in [-0.15, -0.1) is 10.2 Å². The Morgan fingerprint density at radius 1 is 1.39 bits per heavy atom. The number of carbonyl (C=O) groups excluding carboxylic acids is 1. The SMILES string of the molecule is CCCCN(C(=O)CSc1nnc(-c2cccnc2)n1C)[C@@H]1CCS(=O)(=O)C1. The lowest BCUT2D eigenvalue weighted by Crippen LogP contribution is -2.42. The van der Waals surface area contributed by atoms with E-state index in [1.54, 1.807) is 17.3 Å². The van der Waals surface area contributed by atoms with E-state index in [0.29, 0.717) is 23.9 Å². The number of sulfone groups is 1. The normalized spacial score (nSPS) is 18.3. The molecule has 1 saturated heterocycles. The van der Waals surface area contributed by atoms with E-state index in [9.17, 15) is 13.2 Å². The molecule has 1 fully saturated rings. The topological polar surface area (TPSA) is 98.1 Å². The number of amides is 1. The summed E-state index contributed by atoms with van der Waals surface area (Å²) in [5.74, 6) is 1.08. The van der Waals surface area contributed by atoms with Crippen LogP contribution in [0.15, 0.2) is 29.7 Å². The number of carbonyl (C=O) groups is 1. The number of pyridine rings is 1. The van der Waals surface area contributed by atoms with Crippen LogP contribution >= 0.6 is 11.8 Å². The van der Waals surface area contributed by atoms with Gasteiger partial charge in [0.2, 0.25) is 5.91 Å². The number of thioether (sulfide) groups is 1. The van der Waals surface area contributed by atoms with Gasteiger partial charge < -0.3 is 9.47 Å². The highest BCUT2D eigenvalue weighted by Crippen LogP contribution is 2.24. The number of unbranched alkanes of at least 4 members (excludes halogenated alkanes) is 1. The molecule has 152 valence electrons. The van der Waals surface area contributed by atoms with Crippen molar-refractivity contribution < 1.29 is 13.2 Å². The smallest absolute Gasteiger partial charge is 0.233 e. The Labute approximate surface area is 169 Å². The van der Waals surface area contributed by atoms with Crippen molar-refractivity contribution in [3.63, 3.8) is 0 Å². The van der Waals surface area contributed by atoms with Crippen LogP contribution in [0.2, 0.25) is 0 Å². The highest BCUT2D eigenvalue weighted by Gasteiger charge is 2.34. The summed E-state index contributed by atoms with van der Waals surface area (Å²) >= 11 is 1.32. The fourth-order valence-electron chi connectivity index (χ4n) is 3.26. The van der Waals surface area contributed by atoms with Crippen LogP contribution < -0.4 is 0 Å². The van der Waals surface area contributed by atoms with Gasteiger partial charge in [-0.05, 0) is 25.0 Å². The fraction of sp³-hybridized carbons (Fsp3) is 0.556. The molecule has 0 aromatic carbocycles. The van der Waals surface area contributed by atoms with Crippen LogP contribution in [0, 0.1) is 0 Å². The summed E-state index contributed by atoms with van der Waals surface area (Å²) in [6.45, 7) is 2.65. The Kier molecular flexibility index (Phi) is 6.71. The summed E-state index contributed by atoms with van der Waals surface area (Å²) in [5, 5.41) is 9.03. The van der Waals surface area contributed by atoms with E-state index in [0.717, 1.165) is 18.4 Å². The molecule has 2 aromatic heterocycles. The number of hydrogen-bond donors (Lipinski definition) is 0. The minimum Gasteiger partial charge on any atom is -0.338 e. The molecule has 1 aliphatic heterocycles. The largest absolute Gasteiger partial charge is 0.338 e. The van der Waals surface area contributed by atoms with Gasteiger partial charge in [-0.1, -0.05) is 25.1 Å². The van der Waals surface area contributed by atoms with Crippen LogP contribution in [-0.4, -0.2) is 68.8 Å². The molecule has 0 unspecified atom stereocenters. The summed E-state index contributed by atoms with van der Waals surface area (Å²) < 4.78 is 25.5. The first-order valence-electron chi connectivity index (χ1n) is 9.33. The predicted molar refractivity (Wildman–Crippen MR) is 109 cm³/mol. The van der Waals surface area contributed by atoms with E-state index in [4.69, 9.17) is 0 Å². The Balaban J connectivity index is 1.67. The van der Waals surface area contributed by atoms with Crippen molar-refractivity contribution in [1.82, 2.24) is 24.6 Å². The van der Waals surface area contributed by atoms with Gasteiger partial charge in [-0.2, -0.15) is 0 Å². The molecule has 3 heterocycles. The standard InChI is InChI=1S/C18H25N5O3S2/c1-3-4-9-23(15-7-10-28(25,26)13-15)16(24)12-27-18-21-20-17(22(18)2)14-6-5-8-19-11-14/h5-6,8,11,15H,3-4,7,9-10,12-13H2,1-2H3/t15-/m1/s1. The van der Waals surface area contributed by atoms with Gasteiger partial charge in [-0.25, -0.2) is 8.42 Å². The molecule has 1 amide bonds. The Morgan fingerprint density at radius 2 is 2.21 bits per heavy atom. The van der Waals surface area contributed by atoms with Gasteiger partial charge in [0, 0.05) is 37.6 Å². The minimum absolute atomic E-state index is 0.0496. The second kappa shape index (κ2) is 9.04. The molecule has 1 atom stereocenters. The lowest BCUT2D eigenvalue weighted by atomic mass is 10.2. The zero-order valence-electron chi connectivity index (χ0n) is 16.1. The van der Waals surface area contributed by atoms with Crippen LogP contribution in [0.3, 0.4) is 0 Å². The molecule has 2 aromatic rings. The van der Waals surface area contributed by atoms with E-state index in [2.05, 4.69) is 22.1 Å². The molecular weight excluding hydrogens is 398 g/mol. The number of nitrogens with zero attached hydrogens (tertiary/aromatic N) is 5. The van der Waals surface area contributed by atoms with Crippen molar-refractivity contribution in [2.45, 2.75) is 37.4 Å². The summed E-state index contributed by atoms with van der Waals surface area (Å²) in [6, 6.07) is 3.53. The summed E-state index contributed by atoms with van der Waals surface area (Å²) in [4.78, 5) is 18.7. The van der Waals surface area contributed by atoms with Crippen LogP contribution in [0.5, 0.6) is 0 Å². The van der Waals surface area contributed by atoms with Gasteiger partial charge in [0.1, 0.15) is 0 Å². The van der Waals surface area contributed by atoms with Crippen molar-refractivity contribution in [3.05, 3.63) is 24.5 Å². The van der Waals surface area contributed by atoms with E-state index >= 15 is 0 Å². The second-order valence-corrected chi connectivity index (χ2v) is 10.1. The Morgan fingerprint density at radius 3 is 2.86 bits per heavy atom. The van der Waals surface area contributed by atoms with Crippen LogP contribution in [0.1, 0.15) is 26.2 Å². The number of rotatable bonds is 8. The van der Waals surface area contributed by atoms with Crippen molar-refractivity contribution in [2.75, 3.05) is 23.8 Å². The van der Waals surface area contributed by atoms with Crippen LogP contribution in [0.25, 0.3) is 11.4 Å². The molecular formula is C18H25N5O3S2. The molecule has 28 heavy (non-hydrogen) atoms. The minimum atomic E-state index is -3.03. The van der Waals surface area contributed by atoms with Crippen LogP contribution in [-0.2, 0) is 21.7 Å². The van der Waals surface area contributed by atoms with Gasteiger partial charge in [-0.3, -0.25) is 9.78 Å². The molecule has 0 saturated carbocycles. The first-order chi connectivity index (χ1) is 13.4. The first-order valence-corrected chi connectivity index (χ1v) is 12.1. The molecule has 0 radical (unpaired) electrons. The predicted octanol–water partition coefficient (Wildman–Crippen LogP) is 1.78. The summed E-state index contributed by atoms with van der Waals surface area (Å²) in [6.07, 6.45) is 5.76. The second-order valence-electron chi connectivity index (χ2n) is 6.89. The van der Waals surface area contributed by atoms with Gasteiger partial charge in [0.15, 0.2) is 20.8 Å². The van der Waals surface area contributed by atoms with Gasteiger partial charge >= 0.3 is 0 Å². The van der Waals surface area contributed by atoms with Crippen molar-refractivity contribution in [2.24, 2.45) is 7.05 Å². The maximum absolute atomic E-state index is 12.9. The van der Waals surface area contributed by atoms with E-state index in [1.807, 2.05) is 23.7 Å². The average Bonchev–Trinajstić information content (AvgIpc) is 3.23. The van der Waals surface area contributed by atoms with Crippen molar-refractivity contribution in [1.29, 1.82) is 0 Å². The number of hydrogen-bond acceptors (Lipinski definition) is 7. The molecule has 10 heteroatoms. The van der Waals surface area contributed by atoms with Gasteiger partial charge in [0.05, 0.1) is 17.3 Å². The maximum atomic E-state index is 12.9. The number of aromatic nitrogens is 4. The quantitative estimate of drug-likeness (QED) is 0.597. The molecule has 0 aliphatic carbocycles. The monoisotopic (exact) mass is 423 g/mol. The molecule has 1 aliphatic rings. The molecule has 0 N–H and O–H groups in total. The summed E-state index contributed by atoms with van der Waals surface area (Å²) in [5.41, 5.74) is 0.858. The highest BCUT2D eigenvalue weighted by molar-refractivity contribution is 7.99. The van der Waals surface area contributed by atoms with Crippen LogP contribution in [0.4, 0.5) is 0 Å². The lowest BCUT2D eigenvalue weighted by molar-refractivity contribution is -0.130. The fourth-order valence-corrected chi connectivity index (χ4v) is 5.78. The third kappa shape index (κ3) is 4.91. The van der Waals surface area contributed by atoms with Crippen molar-refractivity contribution >= 4 is 27.5 Å². The summed E-state index contributed by atoms with van der Waals surface area (Å²) in [7, 11) is -1.18. The third-order valence-electron chi connectivity index (χ3n) is 4.80. The van der Waals surface area contributed by atoms with E-state index in [1.165, 1.54) is 11.8 Å². The molecule has 0 bridgehead atoms. The van der Waals surface area contributed by atoms with E-state index in [-0.39, 0.29) is 29.2 Å². The van der Waals surface area contributed by atoms with Crippen molar-refractivity contribution in [3.8, 4) is 11.4 Å². The lowest BCUT2D eigenvalue weighted by Gasteiger charge is -2.28. The van der Waals surface area contributed by atoms with Gasteiger partial charge in [0.25, 0.3) is 0 Å². The molecule has 0 spiro atoms.